The predicted octanol–water partition coefficient (Wildman–Crippen LogP) is 0.743. The van der Waals surface area contributed by atoms with Crippen molar-refractivity contribution in [1.82, 2.24) is 15.2 Å². The number of hydrogen-bond donors (Lipinski definition) is 2. The first-order valence-corrected chi connectivity index (χ1v) is 6.79. The molecule has 1 unspecified atom stereocenters. The molecule has 1 aromatic rings. The molecule has 0 aliphatic heterocycles. The van der Waals surface area contributed by atoms with Crippen molar-refractivity contribution in [3.8, 4) is 0 Å². The van der Waals surface area contributed by atoms with Gasteiger partial charge in [0.25, 0.3) is 5.56 Å². The highest BCUT2D eigenvalue weighted by Gasteiger charge is 2.04. The van der Waals surface area contributed by atoms with Crippen LogP contribution in [0.15, 0.2) is 29.2 Å². The molecule has 1 heterocycles. The van der Waals surface area contributed by atoms with E-state index in [9.17, 15) is 9.59 Å². The van der Waals surface area contributed by atoms with Crippen molar-refractivity contribution in [2.75, 3.05) is 13.1 Å². The maximum absolute atomic E-state index is 11.5. The summed E-state index contributed by atoms with van der Waals surface area (Å²) in [6.07, 6.45) is 3.17. The van der Waals surface area contributed by atoms with Crippen LogP contribution in [0.5, 0.6) is 0 Å². The van der Waals surface area contributed by atoms with Crippen molar-refractivity contribution in [2.24, 2.45) is 0 Å². The fourth-order valence-corrected chi connectivity index (χ4v) is 1.62. The molecular weight excluding hydrogens is 242 g/mol. The van der Waals surface area contributed by atoms with Crippen LogP contribution in [0.3, 0.4) is 0 Å². The van der Waals surface area contributed by atoms with Gasteiger partial charge < -0.3 is 15.2 Å². The average Bonchev–Trinajstić information content (AvgIpc) is 2.40. The van der Waals surface area contributed by atoms with Crippen LogP contribution in [-0.4, -0.2) is 29.6 Å². The number of nitrogens with one attached hydrogen (secondary N) is 2. The Hall–Kier alpha value is -1.62. The van der Waals surface area contributed by atoms with Crippen molar-refractivity contribution < 1.29 is 4.79 Å². The van der Waals surface area contributed by atoms with Crippen molar-refractivity contribution in [2.45, 2.75) is 39.3 Å². The molecule has 0 spiro atoms. The lowest BCUT2D eigenvalue weighted by Gasteiger charge is -2.11. The summed E-state index contributed by atoms with van der Waals surface area (Å²) in [4.78, 5) is 22.9. The zero-order chi connectivity index (χ0) is 14.1. The molecule has 1 rings (SSSR count). The molecule has 2 N–H and O–H groups in total. The first-order chi connectivity index (χ1) is 9.13. The number of amides is 1. The molecule has 0 aromatic carbocycles. The van der Waals surface area contributed by atoms with Gasteiger partial charge in [-0.3, -0.25) is 9.59 Å². The van der Waals surface area contributed by atoms with E-state index in [2.05, 4.69) is 10.6 Å². The molecular formula is C14H23N3O2. The summed E-state index contributed by atoms with van der Waals surface area (Å²) >= 11 is 0. The van der Waals surface area contributed by atoms with E-state index in [1.54, 1.807) is 22.9 Å². The monoisotopic (exact) mass is 265 g/mol. The van der Waals surface area contributed by atoms with Gasteiger partial charge in [-0.1, -0.05) is 13.0 Å². The Bertz CT molecular complexity index is 442. The van der Waals surface area contributed by atoms with E-state index in [4.69, 9.17) is 0 Å². The zero-order valence-corrected chi connectivity index (χ0v) is 11.7. The van der Waals surface area contributed by atoms with Gasteiger partial charge in [-0.15, -0.1) is 0 Å². The SMILES string of the molecule is CCC(C)NC(=O)CCNCCn1ccccc1=O. The molecule has 5 nitrogen and oxygen atoms in total. The topological polar surface area (TPSA) is 63.1 Å². The van der Waals surface area contributed by atoms with Gasteiger partial charge in [-0.2, -0.15) is 0 Å². The second kappa shape index (κ2) is 8.48. The average molecular weight is 265 g/mol. The number of aromatic nitrogens is 1. The Labute approximate surface area is 114 Å². The summed E-state index contributed by atoms with van der Waals surface area (Å²) in [5.41, 5.74) is -0.00110. The van der Waals surface area contributed by atoms with E-state index in [1.165, 1.54) is 0 Å². The van der Waals surface area contributed by atoms with Crippen molar-refractivity contribution >= 4 is 5.91 Å². The molecule has 106 valence electrons. The Morgan fingerprint density at radius 1 is 1.37 bits per heavy atom. The van der Waals surface area contributed by atoms with Crippen molar-refractivity contribution in [1.29, 1.82) is 0 Å². The highest BCUT2D eigenvalue weighted by atomic mass is 16.1. The Morgan fingerprint density at radius 3 is 2.84 bits per heavy atom. The third kappa shape index (κ3) is 6.20. The number of carbonyl (C=O) groups excluding carboxylic acids is 1. The molecule has 0 fully saturated rings. The van der Waals surface area contributed by atoms with Crippen LogP contribution in [0.4, 0.5) is 0 Å². The smallest absolute Gasteiger partial charge is 0.250 e. The summed E-state index contributed by atoms with van der Waals surface area (Å²) in [5, 5.41) is 6.08. The summed E-state index contributed by atoms with van der Waals surface area (Å²) in [7, 11) is 0. The Morgan fingerprint density at radius 2 is 2.16 bits per heavy atom. The molecule has 0 saturated heterocycles. The standard InChI is InChI=1S/C14H23N3O2/c1-3-12(2)16-13(18)7-8-15-9-11-17-10-5-4-6-14(17)19/h4-6,10,12,15H,3,7-9,11H2,1-2H3,(H,16,18). The van der Waals surface area contributed by atoms with E-state index in [0.29, 0.717) is 26.1 Å². The fourth-order valence-electron chi connectivity index (χ4n) is 1.62. The quantitative estimate of drug-likeness (QED) is 0.682. The summed E-state index contributed by atoms with van der Waals surface area (Å²) in [6, 6.07) is 5.34. The zero-order valence-electron chi connectivity index (χ0n) is 11.7. The molecule has 19 heavy (non-hydrogen) atoms. The molecule has 0 saturated carbocycles. The molecule has 0 bridgehead atoms. The van der Waals surface area contributed by atoms with Crippen LogP contribution in [-0.2, 0) is 11.3 Å². The maximum atomic E-state index is 11.5. The van der Waals surface area contributed by atoms with Crippen LogP contribution >= 0.6 is 0 Å². The number of nitrogens with zero attached hydrogens (tertiary/aromatic N) is 1. The minimum atomic E-state index is -0.00110. The minimum absolute atomic E-state index is 0.00110. The van der Waals surface area contributed by atoms with E-state index in [1.807, 2.05) is 19.9 Å². The van der Waals surface area contributed by atoms with Crippen LogP contribution < -0.4 is 16.2 Å². The van der Waals surface area contributed by atoms with Gasteiger partial charge in [0, 0.05) is 44.4 Å². The van der Waals surface area contributed by atoms with E-state index >= 15 is 0 Å². The lowest BCUT2D eigenvalue weighted by Crippen LogP contribution is -2.34. The summed E-state index contributed by atoms with van der Waals surface area (Å²) in [5.74, 6) is 0.0683. The second-order valence-electron chi connectivity index (χ2n) is 4.61. The molecule has 0 radical (unpaired) electrons. The minimum Gasteiger partial charge on any atom is -0.354 e. The maximum Gasteiger partial charge on any atom is 0.250 e. The van der Waals surface area contributed by atoms with Crippen molar-refractivity contribution in [3.05, 3.63) is 34.7 Å². The molecule has 1 aromatic heterocycles. The van der Waals surface area contributed by atoms with E-state index < -0.39 is 0 Å². The van der Waals surface area contributed by atoms with Crippen LogP contribution in [0.25, 0.3) is 0 Å². The highest BCUT2D eigenvalue weighted by Crippen LogP contribution is 1.89. The third-order valence-electron chi connectivity index (χ3n) is 2.98. The first-order valence-electron chi connectivity index (χ1n) is 6.79. The van der Waals surface area contributed by atoms with Gasteiger partial charge in [0.15, 0.2) is 0 Å². The lowest BCUT2D eigenvalue weighted by atomic mass is 10.2. The third-order valence-corrected chi connectivity index (χ3v) is 2.98. The van der Waals surface area contributed by atoms with Gasteiger partial charge in [-0.05, 0) is 19.4 Å². The second-order valence-corrected chi connectivity index (χ2v) is 4.61. The molecule has 1 amide bonds. The van der Waals surface area contributed by atoms with E-state index in [0.717, 1.165) is 6.42 Å². The van der Waals surface area contributed by atoms with Gasteiger partial charge >= 0.3 is 0 Å². The largest absolute Gasteiger partial charge is 0.354 e. The predicted molar refractivity (Wildman–Crippen MR) is 76.1 cm³/mol. The fraction of sp³-hybridized carbons (Fsp3) is 0.571. The molecule has 5 heteroatoms. The normalized spacial score (nSPS) is 12.1. The van der Waals surface area contributed by atoms with Crippen LogP contribution in [0.1, 0.15) is 26.7 Å². The van der Waals surface area contributed by atoms with Gasteiger partial charge in [0.2, 0.25) is 5.91 Å². The van der Waals surface area contributed by atoms with Gasteiger partial charge in [0.1, 0.15) is 0 Å². The molecule has 0 aliphatic carbocycles. The van der Waals surface area contributed by atoms with Crippen LogP contribution in [0, 0.1) is 0 Å². The number of rotatable bonds is 8. The molecule has 1 atom stereocenters. The van der Waals surface area contributed by atoms with Gasteiger partial charge in [0.05, 0.1) is 0 Å². The first kappa shape index (κ1) is 15.4. The summed E-state index contributed by atoms with van der Waals surface area (Å²) < 4.78 is 1.65. The van der Waals surface area contributed by atoms with Crippen LogP contribution in [0.2, 0.25) is 0 Å². The number of pyridine rings is 1. The number of hydrogen-bond acceptors (Lipinski definition) is 3. The number of carbonyl (C=O) groups is 1. The van der Waals surface area contributed by atoms with E-state index in [-0.39, 0.29) is 17.5 Å². The highest BCUT2D eigenvalue weighted by molar-refractivity contribution is 5.76. The summed E-state index contributed by atoms with van der Waals surface area (Å²) in [6.45, 7) is 5.96. The van der Waals surface area contributed by atoms with Gasteiger partial charge in [-0.25, -0.2) is 0 Å². The lowest BCUT2D eigenvalue weighted by molar-refractivity contribution is -0.121. The van der Waals surface area contributed by atoms with Crippen molar-refractivity contribution in [3.63, 3.8) is 0 Å². The molecule has 0 aliphatic rings. The Balaban J connectivity index is 2.13. The Kier molecular flexibility index (Phi) is 6.89.